The van der Waals surface area contributed by atoms with Crippen LogP contribution in [0.25, 0.3) is 11.0 Å². The minimum atomic E-state index is -4.66. The molecule has 0 aliphatic carbocycles. The van der Waals surface area contributed by atoms with Gasteiger partial charge in [0, 0.05) is 53.0 Å². The first-order chi connectivity index (χ1) is 19.9. The number of halogens is 3. The lowest BCUT2D eigenvalue weighted by atomic mass is 10.0. The Kier molecular flexibility index (Phi) is 10.4. The number of rotatable bonds is 13. The molecule has 0 radical (unpaired) electrons. The first-order valence-corrected chi connectivity index (χ1v) is 17.8. The molecule has 0 atom stereocenters. The monoisotopic (exact) mass is 602 g/mol. The summed E-state index contributed by atoms with van der Waals surface area (Å²) in [7, 11) is -1.36. The molecule has 12 heteroatoms. The Hall–Kier alpha value is -3.24. The van der Waals surface area contributed by atoms with Gasteiger partial charge in [-0.2, -0.15) is 18.4 Å². The maximum absolute atomic E-state index is 14.1. The van der Waals surface area contributed by atoms with Gasteiger partial charge in [0.2, 0.25) is 0 Å². The van der Waals surface area contributed by atoms with Gasteiger partial charge in [0.05, 0.1) is 29.7 Å². The zero-order valence-electron chi connectivity index (χ0n) is 24.3. The molecule has 0 amide bonds. The predicted octanol–water partition coefficient (Wildman–Crippen LogP) is 6.26. The van der Waals surface area contributed by atoms with Crippen LogP contribution in [0.5, 0.6) is 11.5 Å². The Morgan fingerprint density at radius 1 is 1.17 bits per heavy atom. The van der Waals surface area contributed by atoms with Crippen LogP contribution in [0.1, 0.15) is 29.5 Å². The van der Waals surface area contributed by atoms with E-state index in [0.29, 0.717) is 31.8 Å². The van der Waals surface area contributed by atoms with Gasteiger partial charge in [0.15, 0.2) is 0 Å². The molecule has 0 spiro atoms. The van der Waals surface area contributed by atoms with Crippen LogP contribution in [-0.2, 0) is 33.6 Å². The first kappa shape index (κ1) is 31.7. The summed E-state index contributed by atoms with van der Waals surface area (Å²) < 4.78 is 60.5. The third-order valence-corrected chi connectivity index (χ3v) is 8.77. The number of alkyl halides is 3. The quantitative estimate of drug-likeness (QED) is 0.169. The molecule has 3 aromatic rings. The fraction of sp³-hybridized carbons (Fsp3) is 0.500. The maximum atomic E-state index is 14.1. The van der Waals surface area contributed by atoms with E-state index < -0.39 is 19.8 Å². The highest BCUT2D eigenvalue weighted by Gasteiger charge is 2.36. The molecule has 1 aliphatic rings. The van der Waals surface area contributed by atoms with Gasteiger partial charge >= 0.3 is 6.18 Å². The van der Waals surface area contributed by atoms with Gasteiger partial charge in [0.1, 0.15) is 35.7 Å². The molecule has 0 unspecified atom stereocenters. The van der Waals surface area contributed by atoms with Crippen LogP contribution in [0, 0.1) is 11.3 Å². The van der Waals surface area contributed by atoms with Crippen molar-refractivity contribution in [3.8, 4) is 17.6 Å². The topological polar surface area (TPSA) is 89.6 Å². The summed E-state index contributed by atoms with van der Waals surface area (Å²) in [5.41, 5.74) is -0.0492. The molecule has 0 bridgehead atoms. The lowest BCUT2D eigenvalue weighted by Gasteiger charge is -2.26. The van der Waals surface area contributed by atoms with Crippen molar-refractivity contribution < 1.29 is 32.2 Å². The number of aromatic nitrogens is 2. The second-order valence-corrected chi connectivity index (χ2v) is 17.3. The van der Waals surface area contributed by atoms with Crippen molar-refractivity contribution in [2.75, 3.05) is 39.5 Å². The van der Waals surface area contributed by atoms with Crippen LogP contribution < -0.4 is 4.74 Å². The van der Waals surface area contributed by atoms with E-state index >= 15 is 0 Å². The summed E-state index contributed by atoms with van der Waals surface area (Å²) in [5, 5.41) is 9.57. The van der Waals surface area contributed by atoms with Crippen molar-refractivity contribution in [1.82, 2.24) is 14.5 Å². The van der Waals surface area contributed by atoms with Gasteiger partial charge in [-0.3, -0.25) is 9.69 Å². The van der Waals surface area contributed by atoms with Gasteiger partial charge in [-0.25, -0.2) is 4.98 Å². The fourth-order valence-electron chi connectivity index (χ4n) is 4.75. The average molecular weight is 603 g/mol. The second kappa shape index (κ2) is 13.8. The molecule has 1 fully saturated rings. The highest BCUT2D eigenvalue weighted by molar-refractivity contribution is 6.76. The molecule has 4 rings (SSSR count). The van der Waals surface area contributed by atoms with Crippen molar-refractivity contribution in [3.05, 3.63) is 53.3 Å². The van der Waals surface area contributed by atoms with Crippen molar-refractivity contribution in [1.29, 1.82) is 5.26 Å². The number of fused-ring (bicyclic) bond motifs is 1. The minimum absolute atomic E-state index is 0.0554. The average Bonchev–Trinajstić information content (AvgIpc) is 3.32. The Morgan fingerprint density at radius 2 is 1.93 bits per heavy atom. The smallest absolute Gasteiger partial charge is 0.418 e. The molecule has 42 heavy (non-hydrogen) atoms. The number of carbonyl (C=O) groups excluding carboxylic acids is 1. The van der Waals surface area contributed by atoms with Crippen molar-refractivity contribution in [2.45, 2.75) is 57.9 Å². The summed E-state index contributed by atoms with van der Waals surface area (Å²) >= 11 is 0. The number of Topliss-reactive ketones (excluding diaryl/α,β-unsaturated/α-hetero) is 1. The third-order valence-electron chi connectivity index (χ3n) is 7.07. The number of ether oxygens (including phenoxy) is 3. The summed E-state index contributed by atoms with van der Waals surface area (Å²) in [6.45, 7) is 10.9. The standard InChI is InChI=1S/C30H37F3N4O4Si/c1-42(2,3)16-15-40-21-37-20-25(30(31,32)33)28-27(8-9-35-29(28)37)41-26-7-6-22(17-23(26)19-34)18-24(38)5-4-10-36-11-13-39-14-12-36/h6-9,17,20H,4-5,10-16,18,21H2,1-3H3. The van der Waals surface area contributed by atoms with E-state index in [9.17, 15) is 23.2 Å². The number of hydrogen-bond donors (Lipinski definition) is 0. The Bertz CT molecular complexity index is 1420. The molecular formula is C30H37F3N4O4Si. The van der Waals surface area contributed by atoms with Crippen LogP contribution >= 0.6 is 0 Å². The van der Waals surface area contributed by atoms with Gasteiger partial charge in [-0.05, 0) is 42.8 Å². The zero-order valence-corrected chi connectivity index (χ0v) is 25.3. The molecule has 8 nitrogen and oxygen atoms in total. The van der Waals surface area contributed by atoms with Crippen molar-refractivity contribution in [3.63, 3.8) is 0 Å². The molecule has 1 saturated heterocycles. The summed E-state index contributed by atoms with van der Waals surface area (Å²) in [6.07, 6.45) is -0.979. The van der Waals surface area contributed by atoms with Crippen molar-refractivity contribution >= 4 is 24.9 Å². The van der Waals surface area contributed by atoms with Crippen LogP contribution in [0.2, 0.25) is 25.7 Å². The lowest BCUT2D eigenvalue weighted by molar-refractivity contribution is -0.136. The summed E-state index contributed by atoms with van der Waals surface area (Å²) in [5.74, 6) is 0.0808. The van der Waals surface area contributed by atoms with Gasteiger partial charge < -0.3 is 18.8 Å². The number of morpholine rings is 1. The summed E-state index contributed by atoms with van der Waals surface area (Å²) in [4.78, 5) is 19.0. The Labute approximate surface area is 245 Å². The van der Waals surface area contributed by atoms with E-state index in [4.69, 9.17) is 14.2 Å². The molecule has 3 heterocycles. The Morgan fingerprint density at radius 3 is 2.62 bits per heavy atom. The highest BCUT2D eigenvalue weighted by Crippen LogP contribution is 2.41. The van der Waals surface area contributed by atoms with Crippen LogP contribution in [0.15, 0.2) is 36.7 Å². The molecule has 0 N–H and O–H groups in total. The van der Waals surface area contributed by atoms with Gasteiger partial charge in [-0.1, -0.05) is 25.7 Å². The van der Waals surface area contributed by atoms with E-state index in [1.165, 1.54) is 22.9 Å². The molecule has 1 aromatic carbocycles. The van der Waals surface area contributed by atoms with E-state index in [1.54, 1.807) is 12.1 Å². The van der Waals surface area contributed by atoms with E-state index in [0.717, 1.165) is 38.3 Å². The molecular weight excluding hydrogens is 565 g/mol. The van der Waals surface area contributed by atoms with E-state index in [2.05, 4.69) is 29.5 Å². The normalized spacial score (nSPS) is 14.7. The molecule has 0 saturated carbocycles. The van der Waals surface area contributed by atoms with E-state index in [-0.39, 0.29) is 47.0 Å². The van der Waals surface area contributed by atoms with Crippen LogP contribution in [0.3, 0.4) is 0 Å². The highest BCUT2D eigenvalue weighted by atomic mass is 28.3. The number of nitriles is 1. The lowest BCUT2D eigenvalue weighted by Crippen LogP contribution is -2.37. The number of ketones is 1. The number of benzene rings is 1. The Balaban J connectivity index is 1.48. The van der Waals surface area contributed by atoms with E-state index in [1.807, 2.05) is 6.07 Å². The molecule has 226 valence electrons. The number of hydrogen-bond acceptors (Lipinski definition) is 7. The van der Waals surface area contributed by atoms with Gasteiger partial charge in [0.25, 0.3) is 0 Å². The zero-order chi connectivity index (χ0) is 30.3. The largest absolute Gasteiger partial charge is 0.455 e. The van der Waals surface area contributed by atoms with Gasteiger partial charge in [-0.15, -0.1) is 0 Å². The first-order valence-electron chi connectivity index (χ1n) is 14.1. The second-order valence-electron chi connectivity index (χ2n) is 11.7. The van der Waals surface area contributed by atoms with Crippen LogP contribution in [0.4, 0.5) is 13.2 Å². The molecule has 2 aromatic heterocycles. The van der Waals surface area contributed by atoms with Crippen molar-refractivity contribution in [2.24, 2.45) is 0 Å². The maximum Gasteiger partial charge on any atom is 0.418 e. The van der Waals surface area contributed by atoms with Crippen LogP contribution in [-0.4, -0.2) is 67.8 Å². The minimum Gasteiger partial charge on any atom is -0.455 e. The number of pyridine rings is 1. The SMILES string of the molecule is C[Si](C)(C)CCOCn1cc(C(F)(F)F)c2c(Oc3ccc(CC(=O)CCCN4CCOCC4)cc3C#N)ccnc21. The summed E-state index contributed by atoms with van der Waals surface area (Å²) in [6, 6.07) is 9.01. The third kappa shape index (κ3) is 8.64. The number of carbonyl (C=O) groups is 1. The molecule has 1 aliphatic heterocycles. The predicted molar refractivity (Wildman–Crippen MR) is 155 cm³/mol. The fourth-order valence-corrected chi connectivity index (χ4v) is 5.51. The number of nitrogens with zero attached hydrogens (tertiary/aromatic N) is 4.